The number of benzene rings is 2. The summed E-state index contributed by atoms with van der Waals surface area (Å²) in [5.74, 6) is 0.789. The van der Waals surface area contributed by atoms with Crippen LogP contribution >= 0.6 is 11.3 Å². The van der Waals surface area contributed by atoms with Crippen molar-refractivity contribution in [1.29, 1.82) is 0 Å². The van der Waals surface area contributed by atoms with Crippen molar-refractivity contribution in [1.82, 2.24) is 9.97 Å². The van der Waals surface area contributed by atoms with Crippen LogP contribution in [-0.2, 0) is 16.4 Å². The number of nitrogens with zero attached hydrogens (tertiary/aromatic N) is 3. The molecular formula is C25H25N3O5S2. The maximum Gasteiger partial charge on any atom is 0.260 e. The number of hydrogen-bond donors (Lipinski definition) is 0. The molecule has 2 aromatic heterocycles. The highest BCUT2D eigenvalue weighted by Gasteiger charge is 2.26. The summed E-state index contributed by atoms with van der Waals surface area (Å²) in [5, 5.41) is -0.183. The summed E-state index contributed by atoms with van der Waals surface area (Å²) in [6, 6.07) is 13.3. The van der Waals surface area contributed by atoms with Crippen molar-refractivity contribution in [2.75, 3.05) is 19.1 Å². The van der Waals surface area contributed by atoms with Crippen molar-refractivity contribution in [3.63, 3.8) is 0 Å². The first kappa shape index (κ1) is 24.6. The van der Waals surface area contributed by atoms with Gasteiger partial charge in [-0.3, -0.25) is 14.7 Å². The molecule has 182 valence electrons. The third kappa shape index (κ3) is 4.85. The number of pyridine rings is 1. The summed E-state index contributed by atoms with van der Waals surface area (Å²) in [6.45, 7) is 3.42. The van der Waals surface area contributed by atoms with Gasteiger partial charge in [0.15, 0.2) is 15.0 Å². The predicted octanol–water partition coefficient (Wildman–Crippen LogP) is 4.74. The van der Waals surface area contributed by atoms with Crippen LogP contribution in [0.15, 0.2) is 65.8 Å². The molecule has 1 amide bonds. The lowest BCUT2D eigenvalue weighted by molar-refractivity contribution is 0.0985. The van der Waals surface area contributed by atoms with Gasteiger partial charge in [-0.25, -0.2) is 13.4 Å². The molecule has 2 aromatic carbocycles. The van der Waals surface area contributed by atoms with Gasteiger partial charge in [0.2, 0.25) is 0 Å². The summed E-state index contributed by atoms with van der Waals surface area (Å²) in [4.78, 5) is 24.3. The molecule has 0 aliphatic carbocycles. The summed E-state index contributed by atoms with van der Waals surface area (Å²) in [5.41, 5.74) is 1.62. The van der Waals surface area contributed by atoms with Crippen LogP contribution in [0.5, 0.6) is 11.5 Å². The number of hydrogen-bond acceptors (Lipinski definition) is 8. The van der Waals surface area contributed by atoms with Crippen molar-refractivity contribution in [2.45, 2.75) is 30.5 Å². The quantitative estimate of drug-likeness (QED) is 0.337. The standard InChI is InChI=1S/C25H25N3O5S2/c1-16(2)35(30,31)19-9-5-8-18(13-19)24(29)28(15-17-7-6-12-26-14-17)25-27-22-20(32-3)10-11-21(33-4)23(22)34-25/h5-14,16H,15H2,1-4H3. The van der Waals surface area contributed by atoms with Crippen LogP contribution in [-0.4, -0.2) is 43.8 Å². The number of anilines is 1. The number of fused-ring (bicyclic) bond motifs is 1. The predicted molar refractivity (Wildman–Crippen MR) is 136 cm³/mol. The molecule has 0 fully saturated rings. The van der Waals surface area contributed by atoms with E-state index in [4.69, 9.17) is 14.5 Å². The Labute approximate surface area is 208 Å². The summed E-state index contributed by atoms with van der Waals surface area (Å²) in [7, 11) is -0.423. The normalized spacial score (nSPS) is 11.6. The molecule has 4 aromatic rings. The molecular weight excluding hydrogens is 486 g/mol. The van der Waals surface area contributed by atoms with Gasteiger partial charge in [0.05, 0.1) is 30.9 Å². The van der Waals surface area contributed by atoms with Crippen molar-refractivity contribution in [3.05, 3.63) is 72.1 Å². The van der Waals surface area contributed by atoms with E-state index in [1.165, 1.54) is 28.4 Å². The van der Waals surface area contributed by atoms with Gasteiger partial charge >= 0.3 is 0 Å². The Kier molecular flexibility index (Phi) is 7.04. The van der Waals surface area contributed by atoms with Crippen LogP contribution in [0.2, 0.25) is 0 Å². The van der Waals surface area contributed by atoms with E-state index >= 15 is 0 Å². The maximum absolute atomic E-state index is 13.8. The molecule has 0 bridgehead atoms. The van der Waals surface area contributed by atoms with Crippen molar-refractivity contribution in [3.8, 4) is 11.5 Å². The summed E-state index contributed by atoms with van der Waals surface area (Å²) in [6.07, 6.45) is 3.33. The molecule has 10 heteroatoms. The highest BCUT2D eigenvalue weighted by Crippen LogP contribution is 2.40. The fourth-order valence-electron chi connectivity index (χ4n) is 3.52. The van der Waals surface area contributed by atoms with Gasteiger partial charge in [-0.05, 0) is 55.8 Å². The van der Waals surface area contributed by atoms with Gasteiger partial charge < -0.3 is 9.47 Å². The fraction of sp³-hybridized carbons (Fsp3) is 0.240. The monoisotopic (exact) mass is 511 g/mol. The van der Waals surface area contributed by atoms with Crippen molar-refractivity contribution < 1.29 is 22.7 Å². The Morgan fingerprint density at radius 2 is 1.80 bits per heavy atom. The molecule has 0 saturated carbocycles. The maximum atomic E-state index is 13.8. The Morgan fingerprint density at radius 1 is 1.06 bits per heavy atom. The molecule has 0 saturated heterocycles. The van der Waals surface area contributed by atoms with Crippen molar-refractivity contribution >= 4 is 42.4 Å². The zero-order valence-electron chi connectivity index (χ0n) is 19.8. The topological polar surface area (TPSA) is 98.7 Å². The second-order valence-electron chi connectivity index (χ2n) is 8.02. The molecule has 0 N–H and O–H groups in total. The zero-order chi connectivity index (χ0) is 25.2. The van der Waals surface area contributed by atoms with E-state index in [0.717, 1.165) is 10.3 Å². The van der Waals surface area contributed by atoms with E-state index in [9.17, 15) is 13.2 Å². The SMILES string of the molecule is COc1ccc(OC)c2sc(N(Cc3cccnc3)C(=O)c3cccc(S(=O)(=O)C(C)C)c3)nc12. The first-order valence-corrected chi connectivity index (χ1v) is 13.2. The first-order chi connectivity index (χ1) is 16.8. The minimum Gasteiger partial charge on any atom is -0.495 e. The molecule has 0 atom stereocenters. The highest BCUT2D eigenvalue weighted by molar-refractivity contribution is 7.92. The molecule has 0 aliphatic heterocycles. The molecule has 0 aliphatic rings. The molecule has 35 heavy (non-hydrogen) atoms. The Morgan fingerprint density at radius 3 is 2.46 bits per heavy atom. The molecule has 0 unspecified atom stereocenters. The molecule has 0 spiro atoms. The average Bonchev–Trinajstić information content (AvgIpc) is 3.32. The molecule has 8 nitrogen and oxygen atoms in total. The van der Waals surface area contributed by atoms with Crippen LogP contribution in [0.3, 0.4) is 0 Å². The minimum absolute atomic E-state index is 0.104. The number of amides is 1. The number of aromatic nitrogens is 2. The van der Waals surface area contributed by atoms with Crippen LogP contribution in [0.1, 0.15) is 29.8 Å². The lowest BCUT2D eigenvalue weighted by Crippen LogP contribution is -2.30. The largest absolute Gasteiger partial charge is 0.495 e. The Balaban J connectivity index is 1.84. The number of sulfone groups is 1. The van der Waals surface area contributed by atoms with Gasteiger partial charge in [0, 0.05) is 18.0 Å². The van der Waals surface area contributed by atoms with E-state index < -0.39 is 15.1 Å². The third-order valence-corrected chi connectivity index (χ3v) is 8.71. The Bertz CT molecular complexity index is 1430. The lowest BCUT2D eigenvalue weighted by atomic mass is 10.2. The lowest BCUT2D eigenvalue weighted by Gasteiger charge is -2.20. The number of thiazole rings is 1. The molecule has 4 rings (SSSR count). The number of carbonyl (C=O) groups is 1. The molecule has 2 heterocycles. The number of methoxy groups -OCH3 is 2. The van der Waals surface area contributed by atoms with Gasteiger partial charge in [0.1, 0.15) is 21.7 Å². The second kappa shape index (κ2) is 10.0. The van der Waals surface area contributed by atoms with E-state index in [0.29, 0.717) is 22.1 Å². The first-order valence-electron chi connectivity index (χ1n) is 10.8. The molecule has 0 radical (unpaired) electrons. The number of carbonyl (C=O) groups excluding carboxylic acids is 1. The van der Waals surface area contributed by atoms with Gasteiger partial charge in [0.25, 0.3) is 5.91 Å². The van der Waals surface area contributed by atoms with Crippen molar-refractivity contribution in [2.24, 2.45) is 0 Å². The van der Waals surface area contributed by atoms with Crippen LogP contribution in [0.25, 0.3) is 10.2 Å². The smallest absolute Gasteiger partial charge is 0.260 e. The average molecular weight is 512 g/mol. The van der Waals surface area contributed by atoms with E-state index in [-0.39, 0.29) is 22.9 Å². The second-order valence-corrected chi connectivity index (χ2v) is 11.5. The zero-order valence-corrected chi connectivity index (χ0v) is 21.4. The van der Waals surface area contributed by atoms with Crippen LogP contribution < -0.4 is 14.4 Å². The van der Waals surface area contributed by atoms with E-state index in [1.807, 2.05) is 6.07 Å². The van der Waals surface area contributed by atoms with E-state index in [1.54, 1.807) is 70.8 Å². The summed E-state index contributed by atoms with van der Waals surface area (Å²) >= 11 is 1.29. The fourth-order valence-corrected chi connectivity index (χ4v) is 5.70. The number of ether oxygens (including phenoxy) is 2. The Hall–Kier alpha value is -3.50. The van der Waals surface area contributed by atoms with E-state index in [2.05, 4.69) is 4.98 Å². The summed E-state index contributed by atoms with van der Waals surface area (Å²) < 4.78 is 37.1. The third-order valence-electron chi connectivity index (χ3n) is 5.47. The minimum atomic E-state index is -3.55. The van der Waals surface area contributed by atoms with Gasteiger partial charge in [-0.1, -0.05) is 23.5 Å². The van der Waals surface area contributed by atoms with Crippen LogP contribution in [0, 0.1) is 0 Å². The van der Waals surface area contributed by atoms with Crippen LogP contribution in [0.4, 0.5) is 5.13 Å². The number of rotatable bonds is 8. The highest BCUT2D eigenvalue weighted by atomic mass is 32.2. The van der Waals surface area contributed by atoms with Gasteiger partial charge in [-0.15, -0.1) is 0 Å². The van der Waals surface area contributed by atoms with Gasteiger partial charge in [-0.2, -0.15) is 0 Å².